The van der Waals surface area contributed by atoms with Crippen LogP contribution in [0.1, 0.15) is 38.4 Å². The van der Waals surface area contributed by atoms with Crippen LogP contribution in [0, 0.1) is 5.92 Å². The molecule has 0 saturated carbocycles. The second-order valence-corrected chi connectivity index (χ2v) is 4.76. The van der Waals surface area contributed by atoms with Gasteiger partial charge in [-0.05, 0) is 19.4 Å². The molecule has 0 spiro atoms. The predicted molar refractivity (Wildman–Crippen MR) is 73.1 cm³/mol. The first-order valence-electron chi connectivity index (χ1n) is 7.01. The molecule has 2 rings (SSSR count). The summed E-state index contributed by atoms with van der Waals surface area (Å²) in [5, 5.41) is 3.52. The van der Waals surface area contributed by atoms with Crippen LogP contribution in [0.4, 0.5) is 0 Å². The van der Waals surface area contributed by atoms with Gasteiger partial charge in [-0.2, -0.15) is 0 Å². The normalized spacial score (nSPS) is 24.4. The zero-order chi connectivity index (χ0) is 13.7. The van der Waals surface area contributed by atoms with E-state index in [1.54, 1.807) is 19.5 Å². The maximum absolute atomic E-state index is 5.81. The van der Waals surface area contributed by atoms with Crippen molar-refractivity contribution in [3.63, 3.8) is 0 Å². The topological polar surface area (TPSA) is 56.3 Å². The Hall–Kier alpha value is -1.20. The second-order valence-electron chi connectivity index (χ2n) is 4.76. The Balaban J connectivity index is 2.28. The summed E-state index contributed by atoms with van der Waals surface area (Å²) in [6.45, 7) is 5.98. The number of hydrogen-bond donors (Lipinski definition) is 1. The molecule has 1 fully saturated rings. The van der Waals surface area contributed by atoms with Gasteiger partial charge in [0.15, 0.2) is 0 Å². The van der Waals surface area contributed by atoms with E-state index in [2.05, 4.69) is 29.1 Å². The van der Waals surface area contributed by atoms with Crippen LogP contribution in [0.25, 0.3) is 0 Å². The van der Waals surface area contributed by atoms with Crippen LogP contribution >= 0.6 is 0 Å². The van der Waals surface area contributed by atoms with Gasteiger partial charge in [0.2, 0.25) is 5.88 Å². The maximum Gasteiger partial charge on any atom is 0.237 e. The summed E-state index contributed by atoms with van der Waals surface area (Å²) in [6.07, 6.45) is 5.74. The van der Waals surface area contributed by atoms with E-state index in [1.807, 2.05) is 0 Å². The van der Waals surface area contributed by atoms with E-state index in [4.69, 9.17) is 9.47 Å². The lowest BCUT2D eigenvalue weighted by atomic mass is 9.89. The van der Waals surface area contributed by atoms with Crippen LogP contribution in [-0.4, -0.2) is 36.3 Å². The van der Waals surface area contributed by atoms with E-state index in [0.29, 0.717) is 11.8 Å². The molecule has 0 aliphatic carbocycles. The number of aromatic nitrogens is 2. The third-order valence-corrected chi connectivity index (χ3v) is 3.69. The van der Waals surface area contributed by atoms with Gasteiger partial charge in [-0.1, -0.05) is 13.8 Å². The molecule has 1 saturated heterocycles. The van der Waals surface area contributed by atoms with Crippen molar-refractivity contribution in [2.75, 3.05) is 20.3 Å². The van der Waals surface area contributed by atoms with Crippen LogP contribution in [0.3, 0.4) is 0 Å². The van der Waals surface area contributed by atoms with Crippen LogP contribution in [0.2, 0.25) is 0 Å². The molecule has 0 amide bonds. The van der Waals surface area contributed by atoms with Crippen molar-refractivity contribution in [3.8, 4) is 5.88 Å². The average molecular weight is 265 g/mol. The Labute approximate surface area is 114 Å². The molecule has 1 aliphatic heterocycles. The van der Waals surface area contributed by atoms with Gasteiger partial charge in [0.05, 0.1) is 19.3 Å². The molecule has 0 bridgehead atoms. The molecule has 3 unspecified atom stereocenters. The van der Waals surface area contributed by atoms with E-state index in [0.717, 1.165) is 31.7 Å². The largest absolute Gasteiger partial charge is 0.480 e. The second kappa shape index (κ2) is 6.82. The lowest BCUT2D eigenvalue weighted by Crippen LogP contribution is -2.33. The van der Waals surface area contributed by atoms with Gasteiger partial charge in [-0.3, -0.25) is 4.98 Å². The Morgan fingerprint density at radius 2 is 2.21 bits per heavy atom. The SMILES string of the molecule is CCNC(c1nccnc1OC)C1CCOC1CC. The highest BCUT2D eigenvalue weighted by Crippen LogP contribution is 2.36. The smallest absolute Gasteiger partial charge is 0.237 e. The van der Waals surface area contributed by atoms with Crippen LogP contribution in [0.5, 0.6) is 5.88 Å². The average Bonchev–Trinajstić information content (AvgIpc) is 2.93. The minimum atomic E-state index is 0.140. The van der Waals surface area contributed by atoms with Crippen LogP contribution < -0.4 is 10.1 Å². The summed E-state index contributed by atoms with van der Waals surface area (Å²) in [6, 6.07) is 0.140. The van der Waals surface area contributed by atoms with Gasteiger partial charge in [-0.25, -0.2) is 4.98 Å². The van der Waals surface area contributed by atoms with Gasteiger partial charge in [0.1, 0.15) is 5.69 Å². The van der Waals surface area contributed by atoms with Crippen molar-refractivity contribution in [2.24, 2.45) is 5.92 Å². The molecule has 5 nitrogen and oxygen atoms in total. The molecule has 0 radical (unpaired) electrons. The molecule has 1 aromatic heterocycles. The van der Waals surface area contributed by atoms with Gasteiger partial charge in [0, 0.05) is 24.9 Å². The zero-order valence-corrected chi connectivity index (χ0v) is 11.9. The van der Waals surface area contributed by atoms with E-state index < -0.39 is 0 Å². The van der Waals surface area contributed by atoms with Gasteiger partial charge in [-0.15, -0.1) is 0 Å². The monoisotopic (exact) mass is 265 g/mol. The Kier molecular flexibility index (Phi) is 5.10. The maximum atomic E-state index is 5.81. The first-order chi connectivity index (χ1) is 9.31. The van der Waals surface area contributed by atoms with Crippen molar-refractivity contribution in [2.45, 2.75) is 38.8 Å². The summed E-state index contributed by atoms with van der Waals surface area (Å²) in [5.41, 5.74) is 0.890. The van der Waals surface area contributed by atoms with Crippen molar-refractivity contribution >= 4 is 0 Å². The minimum absolute atomic E-state index is 0.140. The summed E-state index contributed by atoms with van der Waals surface area (Å²) < 4.78 is 11.2. The van der Waals surface area contributed by atoms with Crippen molar-refractivity contribution in [3.05, 3.63) is 18.1 Å². The summed E-state index contributed by atoms with van der Waals surface area (Å²) >= 11 is 0. The molecule has 1 N–H and O–H groups in total. The molecule has 1 aromatic rings. The van der Waals surface area contributed by atoms with Crippen molar-refractivity contribution in [1.29, 1.82) is 0 Å². The number of nitrogens with one attached hydrogen (secondary N) is 1. The summed E-state index contributed by atoms with van der Waals surface area (Å²) in [4.78, 5) is 8.73. The van der Waals surface area contributed by atoms with Crippen LogP contribution in [0.15, 0.2) is 12.4 Å². The van der Waals surface area contributed by atoms with E-state index in [-0.39, 0.29) is 12.1 Å². The van der Waals surface area contributed by atoms with Gasteiger partial charge < -0.3 is 14.8 Å². The van der Waals surface area contributed by atoms with Crippen LogP contribution in [-0.2, 0) is 4.74 Å². The molecule has 5 heteroatoms. The first-order valence-corrected chi connectivity index (χ1v) is 7.01. The Morgan fingerprint density at radius 1 is 1.42 bits per heavy atom. The molecule has 1 aliphatic rings. The standard InChI is InChI=1S/C14H23N3O2/c1-4-11-10(6-9-19-11)12(15-5-2)13-14(18-3)17-8-7-16-13/h7-8,10-12,15H,4-6,9H2,1-3H3. The fraction of sp³-hybridized carbons (Fsp3) is 0.714. The highest BCUT2D eigenvalue weighted by Gasteiger charge is 2.36. The molecule has 106 valence electrons. The first kappa shape index (κ1) is 14.2. The fourth-order valence-electron chi connectivity index (χ4n) is 2.84. The molecule has 2 heterocycles. The number of hydrogen-bond acceptors (Lipinski definition) is 5. The number of methoxy groups -OCH3 is 1. The lowest BCUT2D eigenvalue weighted by molar-refractivity contribution is 0.0767. The van der Waals surface area contributed by atoms with E-state index in [1.165, 1.54) is 0 Å². The molecule has 0 aromatic carbocycles. The molecular formula is C14H23N3O2. The van der Waals surface area contributed by atoms with Gasteiger partial charge in [0.25, 0.3) is 0 Å². The highest BCUT2D eigenvalue weighted by atomic mass is 16.5. The van der Waals surface area contributed by atoms with Crippen molar-refractivity contribution in [1.82, 2.24) is 15.3 Å². The lowest BCUT2D eigenvalue weighted by Gasteiger charge is -2.27. The summed E-state index contributed by atoms with van der Waals surface area (Å²) in [5.74, 6) is 1.03. The Bertz CT molecular complexity index is 400. The predicted octanol–water partition coefficient (Wildman–Crippen LogP) is 1.95. The quantitative estimate of drug-likeness (QED) is 0.852. The molecular weight excluding hydrogens is 242 g/mol. The number of rotatable bonds is 6. The van der Waals surface area contributed by atoms with E-state index in [9.17, 15) is 0 Å². The highest BCUT2D eigenvalue weighted by molar-refractivity contribution is 5.22. The molecule has 3 atom stereocenters. The van der Waals surface area contributed by atoms with Crippen molar-refractivity contribution < 1.29 is 9.47 Å². The Morgan fingerprint density at radius 3 is 2.89 bits per heavy atom. The third-order valence-electron chi connectivity index (χ3n) is 3.69. The molecule has 19 heavy (non-hydrogen) atoms. The fourth-order valence-corrected chi connectivity index (χ4v) is 2.84. The number of nitrogens with zero attached hydrogens (tertiary/aromatic N) is 2. The zero-order valence-electron chi connectivity index (χ0n) is 11.9. The third kappa shape index (κ3) is 3.04. The minimum Gasteiger partial charge on any atom is -0.480 e. The van der Waals surface area contributed by atoms with E-state index >= 15 is 0 Å². The summed E-state index contributed by atoms with van der Waals surface area (Å²) in [7, 11) is 1.64. The van der Waals surface area contributed by atoms with Gasteiger partial charge >= 0.3 is 0 Å². The number of ether oxygens (including phenoxy) is 2.